The topological polar surface area (TPSA) is 61.0 Å². The number of nitrogens with zero attached hydrogens (tertiary/aromatic N) is 2. The van der Waals surface area contributed by atoms with Crippen molar-refractivity contribution in [2.45, 2.75) is 31.9 Å². The van der Waals surface area contributed by atoms with Crippen molar-refractivity contribution < 1.29 is 4.74 Å². The normalized spacial score (nSPS) is 27.9. The van der Waals surface area contributed by atoms with Gasteiger partial charge in [0.15, 0.2) is 0 Å². The van der Waals surface area contributed by atoms with Crippen molar-refractivity contribution >= 4 is 0 Å². The molecule has 15 heavy (non-hydrogen) atoms. The molecule has 1 aromatic rings. The number of hydrogen-bond acceptors (Lipinski definition) is 4. The Kier molecular flexibility index (Phi) is 3.28. The number of ether oxygens (including phenoxy) is 1. The first-order valence-corrected chi connectivity index (χ1v) is 5.46. The minimum absolute atomic E-state index is 0.0499. The third-order valence-electron chi connectivity index (χ3n) is 3.05. The summed E-state index contributed by atoms with van der Waals surface area (Å²) in [7, 11) is 0. The van der Waals surface area contributed by atoms with Crippen LogP contribution in [0.15, 0.2) is 18.6 Å². The Hall–Kier alpha value is -1.00. The van der Waals surface area contributed by atoms with E-state index in [0.717, 1.165) is 25.1 Å². The first kappa shape index (κ1) is 10.5. The Morgan fingerprint density at radius 1 is 1.60 bits per heavy atom. The minimum Gasteiger partial charge on any atom is -0.378 e. The second kappa shape index (κ2) is 4.68. The third kappa shape index (κ3) is 2.16. The van der Waals surface area contributed by atoms with Crippen LogP contribution >= 0.6 is 0 Å². The lowest BCUT2D eigenvalue weighted by Gasteiger charge is -2.22. The summed E-state index contributed by atoms with van der Waals surface area (Å²) in [6.45, 7) is 2.95. The van der Waals surface area contributed by atoms with Crippen LogP contribution < -0.4 is 5.73 Å². The van der Waals surface area contributed by atoms with Gasteiger partial charge >= 0.3 is 0 Å². The molecule has 0 aromatic carbocycles. The van der Waals surface area contributed by atoms with Gasteiger partial charge < -0.3 is 10.5 Å². The molecular weight excluding hydrogens is 190 g/mol. The van der Waals surface area contributed by atoms with Gasteiger partial charge in [-0.3, -0.25) is 9.97 Å². The molecule has 2 rings (SSSR count). The average Bonchev–Trinajstić information content (AvgIpc) is 2.77. The molecule has 0 aliphatic carbocycles. The number of hydrogen-bond donors (Lipinski definition) is 1. The quantitative estimate of drug-likeness (QED) is 0.811. The average molecular weight is 207 g/mol. The van der Waals surface area contributed by atoms with Gasteiger partial charge in [0.1, 0.15) is 0 Å². The highest BCUT2D eigenvalue weighted by Crippen LogP contribution is 2.32. The van der Waals surface area contributed by atoms with Crippen LogP contribution in [0.3, 0.4) is 0 Å². The van der Waals surface area contributed by atoms with Gasteiger partial charge in [0.2, 0.25) is 0 Å². The monoisotopic (exact) mass is 207 g/mol. The minimum atomic E-state index is -0.0499. The van der Waals surface area contributed by atoms with Crippen molar-refractivity contribution in [3.8, 4) is 0 Å². The van der Waals surface area contributed by atoms with E-state index in [1.54, 1.807) is 18.6 Å². The number of rotatable bonds is 3. The zero-order valence-electron chi connectivity index (χ0n) is 8.97. The van der Waals surface area contributed by atoms with Crippen molar-refractivity contribution in [2.75, 3.05) is 6.61 Å². The highest BCUT2D eigenvalue weighted by Gasteiger charge is 2.33. The Bertz CT molecular complexity index is 304. The lowest BCUT2D eigenvalue weighted by molar-refractivity contribution is 0.0809. The summed E-state index contributed by atoms with van der Waals surface area (Å²) in [5.41, 5.74) is 7.05. The van der Waals surface area contributed by atoms with Crippen LogP contribution in [-0.4, -0.2) is 22.7 Å². The molecule has 0 amide bonds. The molecule has 1 fully saturated rings. The van der Waals surface area contributed by atoms with Crippen molar-refractivity contribution in [2.24, 2.45) is 11.7 Å². The molecule has 2 N–H and O–H groups in total. The van der Waals surface area contributed by atoms with Crippen LogP contribution in [0, 0.1) is 5.92 Å². The molecule has 1 aromatic heterocycles. The fourth-order valence-corrected chi connectivity index (χ4v) is 2.20. The van der Waals surface area contributed by atoms with Crippen molar-refractivity contribution in [1.29, 1.82) is 0 Å². The van der Waals surface area contributed by atoms with Gasteiger partial charge in [-0.15, -0.1) is 0 Å². The van der Waals surface area contributed by atoms with E-state index in [2.05, 4.69) is 16.9 Å². The summed E-state index contributed by atoms with van der Waals surface area (Å²) in [5.74, 6) is 0.381. The number of aromatic nitrogens is 2. The molecule has 4 heteroatoms. The van der Waals surface area contributed by atoms with E-state index in [1.807, 2.05) is 0 Å². The molecule has 2 heterocycles. The van der Waals surface area contributed by atoms with Crippen LogP contribution in [-0.2, 0) is 4.74 Å². The maximum atomic E-state index is 6.18. The molecule has 0 saturated carbocycles. The molecule has 82 valence electrons. The summed E-state index contributed by atoms with van der Waals surface area (Å²) in [6, 6.07) is -0.0499. The van der Waals surface area contributed by atoms with Crippen molar-refractivity contribution in [1.82, 2.24) is 9.97 Å². The summed E-state index contributed by atoms with van der Waals surface area (Å²) < 4.78 is 5.63. The second-order valence-corrected chi connectivity index (χ2v) is 3.93. The predicted molar refractivity (Wildman–Crippen MR) is 57.1 cm³/mol. The van der Waals surface area contributed by atoms with Gasteiger partial charge in [0.05, 0.1) is 17.8 Å². The molecule has 3 unspecified atom stereocenters. The highest BCUT2D eigenvalue weighted by molar-refractivity contribution is 5.05. The standard InChI is InChI=1S/C11H17N3O/c1-2-10-8(3-6-15-10)11(12)9-7-13-4-5-14-9/h4-5,7-8,10-11H,2-3,6,12H2,1H3. The van der Waals surface area contributed by atoms with E-state index in [-0.39, 0.29) is 12.1 Å². The Morgan fingerprint density at radius 3 is 3.13 bits per heavy atom. The van der Waals surface area contributed by atoms with E-state index in [1.165, 1.54) is 0 Å². The summed E-state index contributed by atoms with van der Waals surface area (Å²) >= 11 is 0. The zero-order chi connectivity index (χ0) is 10.7. The number of nitrogens with two attached hydrogens (primary N) is 1. The summed E-state index contributed by atoms with van der Waals surface area (Å²) in [4.78, 5) is 8.29. The molecule has 0 radical (unpaired) electrons. The van der Waals surface area contributed by atoms with E-state index < -0.39 is 0 Å². The van der Waals surface area contributed by atoms with Crippen molar-refractivity contribution in [3.63, 3.8) is 0 Å². The fourth-order valence-electron chi connectivity index (χ4n) is 2.20. The fraction of sp³-hybridized carbons (Fsp3) is 0.636. The van der Waals surface area contributed by atoms with Crippen LogP contribution in [0.1, 0.15) is 31.5 Å². The van der Waals surface area contributed by atoms with E-state index in [9.17, 15) is 0 Å². The molecule has 3 atom stereocenters. The van der Waals surface area contributed by atoms with Gasteiger partial charge in [0, 0.05) is 31.1 Å². The van der Waals surface area contributed by atoms with Gasteiger partial charge in [-0.2, -0.15) is 0 Å². The lowest BCUT2D eigenvalue weighted by atomic mass is 9.90. The molecule has 1 saturated heterocycles. The largest absolute Gasteiger partial charge is 0.378 e. The molecule has 1 aliphatic heterocycles. The van der Waals surface area contributed by atoms with Gasteiger partial charge in [-0.05, 0) is 12.8 Å². The first-order chi connectivity index (χ1) is 7.33. The smallest absolute Gasteiger partial charge is 0.0757 e. The van der Waals surface area contributed by atoms with Crippen molar-refractivity contribution in [3.05, 3.63) is 24.3 Å². The predicted octanol–water partition coefficient (Wildman–Crippen LogP) is 1.29. The van der Waals surface area contributed by atoms with Crippen LogP contribution in [0.2, 0.25) is 0 Å². The second-order valence-electron chi connectivity index (χ2n) is 3.93. The molecule has 1 aliphatic rings. The molecular formula is C11H17N3O. The molecule has 0 bridgehead atoms. The zero-order valence-corrected chi connectivity index (χ0v) is 8.97. The first-order valence-electron chi connectivity index (χ1n) is 5.46. The highest BCUT2D eigenvalue weighted by atomic mass is 16.5. The van der Waals surface area contributed by atoms with Gasteiger partial charge in [0.25, 0.3) is 0 Å². The Morgan fingerprint density at radius 2 is 2.47 bits per heavy atom. The maximum Gasteiger partial charge on any atom is 0.0757 e. The van der Waals surface area contributed by atoms with E-state index in [0.29, 0.717) is 5.92 Å². The van der Waals surface area contributed by atoms with Crippen LogP contribution in [0.5, 0.6) is 0 Å². The lowest BCUT2D eigenvalue weighted by Crippen LogP contribution is -2.28. The SMILES string of the molecule is CCC1OCCC1C(N)c1cnccn1. The van der Waals surface area contributed by atoms with E-state index in [4.69, 9.17) is 10.5 Å². The Balaban J connectivity index is 2.10. The summed E-state index contributed by atoms with van der Waals surface area (Å²) in [5, 5.41) is 0. The third-order valence-corrected chi connectivity index (χ3v) is 3.05. The van der Waals surface area contributed by atoms with Crippen LogP contribution in [0.25, 0.3) is 0 Å². The molecule has 0 spiro atoms. The van der Waals surface area contributed by atoms with Gasteiger partial charge in [-0.25, -0.2) is 0 Å². The van der Waals surface area contributed by atoms with E-state index >= 15 is 0 Å². The van der Waals surface area contributed by atoms with Gasteiger partial charge in [-0.1, -0.05) is 6.92 Å². The summed E-state index contributed by atoms with van der Waals surface area (Å²) in [6.07, 6.45) is 7.41. The Labute approximate surface area is 89.9 Å². The maximum absolute atomic E-state index is 6.18. The van der Waals surface area contributed by atoms with Crippen LogP contribution in [0.4, 0.5) is 0 Å². The molecule has 4 nitrogen and oxygen atoms in total.